The predicted molar refractivity (Wildman–Crippen MR) is 23.7 cm³/mol. The van der Waals surface area contributed by atoms with Crippen LogP contribution in [0.1, 0.15) is 0 Å². The van der Waals surface area contributed by atoms with E-state index >= 15 is 0 Å². The zero-order valence-corrected chi connectivity index (χ0v) is 4.87. The number of nitrogens with one attached hydrogen (secondary N) is 1. The first-order valence-electron chi connectivity index (χ1n) is 2.28. The number of morpholine rings is 1. The topological polar surface area (TPSA) is 21.3 Å². The van der Waals surface area contributed by atoms with Gasteiger partial charge in [-0.15, -0.1) is 0 Å². The molecule has 1 saturated heterocycles. The van der Waals surface area contributed by atoms with E-state index in [9.17, 15) is 0 Å². The molecule has 1 aliphatic rings. The van der Waals surface area contributed by atoms with E-state index in [2.05, 4.69) is 5.32 Å². The van der Waals surface area contributed by atoms with Crippen LogP contribution in [0.3, 0.4) is 0 Å². The molecule has 3 heteroatoms. The third-order valence-corrected chi connectivity index (χ3v) is 0.846. The van der Waals surface area contributed by atoms with Gasteiger partial charge in [-0.1, -0.05) is 0 Å². The highest BCUT2D eigenvalue weighted by Crippen LogP contribution is 1.76. The molecule has 0 aromatic heterocycles. The number of hydrogen-bond donors (Lipinski definition) is 1. The van der Waals surface area contributed by atoms with Gasteiger partial charge in [-0.3, -0.25) is 0 Å². The molecule has 1 fully saturated rings. The Morgan fingerprint density at radius 3 is 1.86 bits per heavy atom. The summed E-state index contributed by atoms with van der Waals surface area (Å²) in [6, 6.07) is 0. The monoisotopic (exact) mass is 122 g/mol. The summed E-state index contributed by atoms with van der Waals surface area (Å²) in [5, 5.41) is 3.16. The second-order valence-corrected chi connectivity index (χ2v) is 1.36. The first-order chi connectivity index (χ1) is 3.00. The van der Waals surface area contributed by atoms with Crippen molar-refractivity contribution >= 4 is 0 Å². The molecule has 1 rings (SSSR count). The van der Waals surface area contributed by atoms with E-state index < -0.39 is 0 Å². The van der Waals surface area contributed by atoms with Crippen molar-refractivity contribution in [1.29, 1.82) is 0 Å². The van der Waals surface area contributed by atoms with Crippen LogP contribution >= 0.6 is 0 Å². The summed E-state index contributed by atoms with van der Waals surface area (Å²) in [7, 11) is 0. The van der Waals surface area contributed by atoms with E-state index in [1.165, 1.54) is 0 Å². The maximum atomic E-state index is 5.01. The van der Waals surface area contributed by atoms with Crippen molar-refractivity contribution in [3.8, 4) is 0 Å². The molecule has 0 bridgehead atoms. The maximum absolute atomic E-state index is 5.01. The van der Waals surface area contributed by atoms with Gasteiger partial charge in [-0.2, -0.15) is 0 Å². The molecule has 1 heterocycles. The fourth-order valence-corrected chi connectivity index (χ4v) is 0.516. The van der Waals surface area contributed by atoms with Gasteiger partial charge in [0.25, 0.3) is 0 Å². The average Bonchev–Trinajstić information content (AvgIpc) is 1.72. The van der Waals surface area contributed by atoms with Crippen molar-refractivity contribution in [2.24, 2.45) is 0 Å². The molecule has 0 aliphatic carbocycles. The Kier molecular flexibility index (Phi) is 4.50. The van der Waals surface area contributed by atoms with Crippen LogP contribution in [0.25, 0.3) is 0 Å². The zero-order valence-electron chi connectivity index (χ0n) is 4.11. The molecule has 44 valence electrons. The molecule has 0 unspecified atom stereocenters. The van der Waals surface area contributed by atoms with Gasteiger partial charge in [0.2, 0.25) is 0 Å². The fourth-order valence-electron chi connectivity index (χ4n) is 0.516. The first kappa shape index (κ1) is 7.21. The van der Waals surface area contributed by atoms with Gasteiger partial charge >= 0.3 is 0 Å². The third kappa shape index (κ3) is 2.85. The Labute approximate surface area is 49.6 Å². The smallest absolute Gasteiger partial charge is 0.0591 e. The highest BCUT2D eigenvalue weighted by atomic mass is 35.5. The minimum absolute atomic E-state index is 0. The molecule has 0 amide bonds. The average molecular weight is 123 g/mol. The number of ether oxygens (including phenoxy) is 1. The Bertz CT molecular complexity index is 27.2. The van der Waals surface area contributed by atoms with Crippen LogP contribution in [0.5, 0.6) is 0 Å². The molecule has 0 atom stereocenters. The second-order valence-electron chi connectivity index (χ2n) is 1.36. The Morgan fingerprint density at radius 2 is 1.71 bits per heavy atom. The van der Waals surface area contributed by atoms with Crippen LogP contribution in [-0.4, -0.2) is 26.3 Å². The summed E-state index contributed by atoms with van der Waals surface area (Å²) >= 11 is 0. The van der Waals surface area contributed by atoms with Gasteiger partial charge in [0.15, 0.2) is 0 Å². The van der Waals surface area contributed by atoms with E-state index in [4.69, 9.17) is 4.74 Å². The second kappa shape index (κ2) is 4.37. The SMILES string of the molecule is C1COCCN1.[Cl-]. The molecular weight excluding hydrogens is 114 g/mol. The summed E-state index contributed by atoms with van der Waals surface area (Å²) in [4.78, 5) is 0. The van der Waals surface area contributed by atoms with Crippen molar-refractivity contribution < 1.29 is 17.1 Å². The molecule has 0 aromatic carbocycles. The summed E-state index contributed by atoms with van der Waals surface area (Å²) in [5.74, 6) is 0. The van der Waals surface area contributed by atoms with Crippen molar-refractivity contribution in [3.63, 3.8) is 0 Å². The normalized spacial score (nSPS) is 20.6. The van der Waals surface area contributed by atoms with Crippen LogP contribution in [0.15, 0.2) is 0 Å². The molecule has 0 saturated carbocycles. The lowest BCUT2D eigenvalue weighted by Gasteiger charge is -2.10. The van der Waals surface area contributed by atoms with Gasteiger partial charge in [-0.25, -0.2) is 0 Å². The van der Waals surface area contributed by atoms with E-state index in [1.807, 2.05) is 0 Å². The largest absolute Gasteiger partial charge is 1.00 e. The van der Waals surface area contributed by atoms with E-state index in [1.54, 1.807) is 0 Å². The minimum atomic E-state index is 0. The lowest BCUT2D eigenvalue weighted by Crippen LogP contribution is -3.00. The summed E-state index contributed by atoms with van der Waals surface area (Å²) in [5.41, 5.74) is 0. The summed E-state index contributed by atoms with van der Waals surface area (Å²) in [6.45, 7) is 3.83. The van der Waals surface area contributed by atoms with E-state index in [0.29, 0.717) is 0 Å². The van der Waals surface area contributed by atoms with Gasteiger partial charge < -0.3 is 22.5 Å². The molecule has 0 radical (unpaired) electrons. The number of hydrogen-bond acceptors (Lipinski definition) is 2. The standard InChI is InChI=1S/C4H9NO.ClH/c1-3-6-4-2-5-1;/h5H,1-4H2;1H/p-1. The van der Waals surface area contributed by atoms with Crippen molar-refractivity contribution in [2.75, 3.05) is 26.3 Å². The fraction of sp³-hybridized carbons (Fsp3) is 1.00. The lowest BCUT2D eigenvalue weighted by atomic mass is 10.5. The van der Waals surface area contributed by atoms with Crippen molar-refractivity contribution in [3.05, 3.63) is 0 Å². The molecular formula is C4H9ClNO-. The highest BCUT2D eigenvalue weighted by Gasteiger charge is 1.92. The molecule has 0 spiro atoms. The van der Waals surface area contributed by atoms with Crippen LogP contribution in [0.4, 0.5) is 0 Å². The minimum Gasteiger partial charge on any atom is -1.00 e. The maximum Gasteiger partial charge on any atom is 0.0591 e. The Hall–Kier alpha value is 0.210. The summed E-state index contributed by atoms with van der Waals surface area (Å²) in [6.07, 6.45) is 0. The van der Waals surface area contributed by atoms with Crippen molar-refractivity contribution in [1.82, 2.24) is 5.32 Å². The Balaban J connectivity index is 0.000000360. The quantitative estimate of drug-likeness (QED) is 0.362. The number of halogens is 1. The van der Waals surface area contributed by atoms with Gasteiger partial charge in [-0.05, 0) is 0 Å². The molecule has 7 heavy (non-hydrogen) atoms. The zero-order chi connectivity index (χ0) is 4.24. The van der Waals surface area contributed by atoms with Gasteiger partial charge in [0.05, 0.1) is 13.2 Å². The number of rotatable bonds is 0. The van der Waals surface area contributed by atoms with Crippen LogP contribution in [-0.2, 0) is 4.74 Å². The molecule has 0 aromatic rings. The van der Waals surface area contributed by atoms with E-state index in [-0.39, 0.29) is 12.4 Å². The van der Waals surface area contributed by atoms with Gasteiger partial charge in [0, 0.05) is 13.1 Å². The van der Waals surface area contributed by atoms with Crippen LogP contribution in [0.2, 0.25) is 0 Å². The van der Waals surface area contributed by atoms with Crippen molar-refractivity contribution in [2.45, 2.75) is 0 Å². The third-order valence-electron chi connectivity index (χ3n) is 0.846. The lowest BCUT2D eigenvalue weighted by molar-refractivity contribution is -0.00000195. The summed E-state index contributed by atoms with van der Waals surface area (Å²) < 4.78 is 5.01. The predicted octanol–water partition coefficient (Wildman–Crippen LogP) is -3.39. The molecule has 1 N–H and O–H groups in total. The first-order valence-corrected chi connectivity index (χ1v) is 2.28. The molecule has 2 nitrogen and oxygen atoms in total. The van der Waals surface area contributed by atoms with Gasteiger partial charge in [0.1, 0.15) is 0 Å². The van der Waals surface area contributed by atoms with E-state index in [0.717, 1.165) is 26.3 Å². The van der Waals surface area contributed by atoms with Crippen LogP contribution in [0, 0.1) is 0 Å². The van der Waals surface area contributed by atoms with Crippen LogP contribution < -0.4 is 17.7 Å². The molecule has 1 aliphatic heterocycles. The Morgan fingerprint density at radius 1 is 1.14 bits per heavy atom. The highest BCUT2D eigenvalue weighted by molar-refractivity contribution is 4.49.